The number of nitrogens with zero attached hydrogens (tertiary/aromatic N) is 1. The van der Waals surface area contributed by atoms with E-state index in [4.69, 9.17) is 0 Å². The van der Waals surface area contributed by atoms with Crippen molar-refractivity contribution in [2.24, 2.45) is 5.41 Å². The number of nitrogens with one attached hydrogen (secondary N) is 2. The van der Waals surface area contributed by atoms with Crippen molar-refractivity contribution in [1.82, 2.24) is 15.8 Å². The summed E-state index contributed by atoms with van der Waals surface area (Å²) in [6, 6.07) is -0.837. The maximum Gasteiger partial charge on any atom is 0.330 e. The second-order valence-corrected chi connectivity index (χ2v) is 6.76. The molecule has 0 saturated carbocycles. The molecule has 2 amide bonds. The van der Waals surface area contributed by atoms with E-state index in [0.29, 0.717) is 0 Å². The van der Waals surface area contributed by atoms with E-state index in [0.717, 1.165) is 19.3 Å². The van der Waals surface area contributed by atoms with Crippen LogP contribution in [0.1, 0.15) is 53.9 Å². The fraction of sp³-hybridized carbons (Fsp3) is 0.857. The van der Waals surface area contributed by atoms with Crippen molar-refractivity contribution >= 4 is 12.0 Å². The molecule has 0 spiro atoms. The molecule has 0 radical (unpaired) electrons. The van der Waals surface area contributed by atoms with Gasteiger partial charge in [-0.25, -0.2) is 14.6 Å². The first kappa shape index (κ1) is 16.8. The lowest BCUT2D eigenvalue weighted by Crippen LogP contribution is -2.60. The zero-order chi connectivity index (χ0) is 15.5. The van der Waals surface area contributed by atoms with Gasteiger partial charge in [0.2, 0.25) is 0 Å². The molecule has 0 aromatic carbocycles. The molecule has 1 heterocycles. The smallest absolute Gasteiger partial charge is 0.330 e. The normalized spacial score (nSPS) is 25.9. The van der Waals surface area contributed by atoms with Gasteiger partial charge in [-0.2, -0.15) is 0 Å². The van der Waals surface area contributed by atoms with Gasteiger partial charge < -0.3 is 10.4 Å². The first-order valence-corrected chi connectivity index (χ1v) is 7.21. The van der Waals surface area contributed by atoms with Crippen molar-refractivity contribution < 1.29 is 14.7 Å². The third kappa shape index (κ3) is 4.37. The summed E-state index contributed by atoms with van der Waals surface area (Å²) < 4.78 is 0. The maximum absolute atomic E-state index is 12.0. The molecule has 1 aliphatic heterocycles. The molecule has 0 aromatic rings. The Morgan fingerprint density at radius 1 is 1.20 bits per heavy atom. The van der Waals surface area contributed by atoms with Gasteiger partial charge in [-0.15, -0.1) is 0 Å². The Morgan fingerprint density at radius 2 is 1.70 bits per heavy atom. The first-order valence-electron chi connectivity index (χ1n) is 7.21. The van der Waals surface area contributed by atoms with Crippen LogP contribution in [0.2, 0.25) is 0 Å². The summed E-state index contributed by atoms with van der Waals surface area (Å²) in [4.78, 5) is 23.3. The standard InChI is InChI=1S/C14H27N3O3/c1-9-7-6-8-10(2)17(9)16-13(20)15-11(12(18)19)14(3,4)5/h9-11H,6-8H2,1-5H3,(H,18,19)(H2,15,16,20)/t9?,10?,11-/m0/s1. The average Bonchev–Trinajstić information content (AvgIpc) is 2.29. The Balaban J connectivity index is 2.64. The average molecular weight is 285 g/mol. The van der Waals surface area contributed by atoms with Crippen LogP contribution in [0, 0.1) is 5.41 Å². The number of aliphatic carboxylic acids is 1. The highest BCUT2D eigenvalue weighted by atomic mass is 16.4. The van der Waals surface area contributed by atoms with E-state index in [-0.39, 0.29) is 12.1 Å². The number of carboxylic acid groups (broad SMARTS) is 1. The van der Waals surface area contributed by atoms with Gasteiger partial charge in [0.05, 0.1) is 0 Å². The Bertz CT molecular complexity index is 355. The Morgan fingerprint density at radius 3 is 2.10 bits per heavy atom. The molecule has 1 saturated heterocycles. The van der Waals surface area contributed by atoms with Gasteiger partial charge >= 0.3 is 12.0 Å². The minimum Gasteiger partial charge on any atom is -0.480 e. The fourth-order valence-corrected chi connectivity index (χ4v) is 2.57. The number of hydrogen-bond donors (Lipinski definition) is 3. The number of carbonyl (C=O) groups is 2. The molecule has 116 valence electrons. The lowest BCUT2D eigenvalue weighted by molar-refractivity contribution is -0.141. The molecule has 2 unspecified atom stereocenters. The molecule has 0 aliphatic carbocycles. The van der Waals surface area contributed by atoms with E-state index < -0.39 is 23.5 Å². The molecule has 20 heavy (non-hydrogen) atoms. The summed E-state index contributed by atoms with van der Waals surface area (Å²) in [5.41, 5.74) is 2.26. The third-order valence-corrected chi connectivity index (χ3v) is 3.81. The van der Waals surface area contributed by atoms with E-state index in [1.54, 1.807) is 20.8 Å². The number of piperidine rings is 1. The predicted octanol–water partition coefficient (Wildman–Crippen LogP) is 1.96. The van der Waals surface area contributed by atoms with Crippen LogP contribution in [0.25, 0.3) is 0 Å². The Hall–Kier alpha value is -1.30. The van der Waals surface area contributed by atoms with Crippen LogP contribution in [0.15, 0.2) is 0 Å². The van der Waals surface area contributed by atoms with Gasteiger partial charge in [-0.3, -0.25) is 5.43 Å². The minimum absolute atomic E-state index is 0.266. The molecular weight excluding hydrogens is 258 g/mol. The van der Waals surface area contributed by atoms with Crippen molar-refractivity contribution in [2.45, 2.75) is 72.0 Å². The maximum atomic E-state index is 12.0. The molecule has 6 nitrogen and oxygen atoms in total. The third-order valence-electron chi connectivity index (χ3n) is 3.81. The van der Waals surface area contributed by atoms with Gasteiger partial charge in [0.25, 0.3) is 0 Å². The van der Waals surface area contributed by atoms with Crippen LogP contribution in [0.3, 0.4) is 0 Å². The molecule has 3 atom stereocenters. The summed E-state index contributed by atoms with van der Waals surface area (Å²) in [5, 5.41) is 13.7. The number of amides is 2. The van der Waals surface area contributed by atoms with Gasteiger partial charge in [0.1, 0.15) is 6.04 Å². The Kier molecular flexibility index (Phi) is 5.39. The highest BCUT2D eigenvalue weighted by molar-refractivity contribution is 5.82. The van der Waals surface area contributed by atoms with Gasteiger partial charge in [0, 0.05) is 12.1 Å². The SMILES string of the molecule is CC1CCCC(C)N1NC(=O)N[C@@H](C(=O)O)C(C)(C)C. The molecule has 0 bridgehead atoms. The number of hydrazine groups is 1. The molecule has 1 rings (SSSR count). The van der Waals surface area contributed by atoms with Crippen LogP contribution in [-0.4, -0.2) is 40.2 Å². The first-order chi connectivity index (χ1) is 9.12. The number of urea groups is 1. The van der Waals surface area contributed by atoms with E-state index in [9.17, 15) is 14.7 Å². The highest BCUT2D eigenvalue weighted by Gasteiger charge is 2.34. The Labute approximate surface area is 120 Å². The van der Waals surface area contributed by atoms with Crippen LogP contribution in [-0.2, 0) is 4.79 Å². The number of carbonyl (C=O) groups excluding carboxylic acids is 1. The highest BCUT2D eigenvalue weighted by Crippen LogP contribution is 2.21. The molecule has 6 heteroatoms. The molecular formula is C14H27N3O3. The minimum atomic E-state index is -1.02. The van der Waals surface area contributed by atoms with Gasteiger partial charge in [-0.05, 0) is 32.1 Å². The lowest BCUT2D eigenvalue weighted by Gasteiger charge is -2.39. The summed E-state index contributed by atoms with van der Waals surface area (Å²) in [6.45, 7) is 9.50. The van der Waals surface area contributed by atoms with Gasteiger partial charge in [-0.1, -0.05) is 27.2 Å². The number of rotatable bonds is 3. The van der Waals surface area contributed by atoms with E-state index in [2.05, 4.69) is 24.6 Å². The van der Waals surface area contributed by atoms with Crippen molar-refractivity contribution in [2.75, 3.05) is 0 Å². The van der Waals surface area contributed by atoms with Crippen LogP contribution >= 0.6 is 0 Å². The van der Waals surface area contributed by atoms with Crippen LogP contribution in [0.4, 0.5) is 4.79 Å². The van der Waals surface area contributed by atoms with Crippen LogP contribution < -0.4 is 10.7 Å². The largest absolute Gasteiger partial charge is 0.480 e. The second-order valence-electron chi connectivity index (χ2n) is 6.76. The van der Waals surface area contributed by atoms with Crippen molar-refractivity contribution in [3.63, 3.8) is 0 Å². The summed E-state index contributed by atoms with van der Waals surface area (Å²) in [6.07, 6.45) is 3.22. The summed E-state index contributed by atoms with van der Waals surface area (Å²) in [7, 11) is 0. The van der Waals surface area contributed by atoms with Crippen molar-refractivity contribution in [3.05, 3.63) is 0 Å². The van der Waals surface area contributed by atoms with Crippen molar-refractivity contribution in [3.8, 4) is 0 Å². The predicted molar refractivity (Wildman–Crippen MR) is 77.2 cm³/mol. The zero-order valence-electron chi connectivity index (χ0n) is 13.1. The summed E-state index contributed by atoms with van der Waals surface area (Å²) in [5.74, 6) is -1.02. The topological polar surface area (TPSA) is 81.7 Å². The lowest BCUT2D eigenvalue weighted by atomic mass is 9.87. The van der Waals surface area contributed by atoms with Crippen molar-refractivity contribution in [1.29, 1.82) is 0 Å². The second kappa shape index (κ2) is 6.43. The molecule has 0 aromatic heterocycles. The number of carboxylic acids is 1. The molecule has 1 aliphatic rings. The van der Waals surface area contributed by atoms with Gasteiger partial charge in [0.15, 0.2) is 0 Å². The van der Waals surface area contributed by atoms with E-state index >= 15 is 0 Å². The quantitative estimate of drug-likeness (QED) is 0.740. The molecule has 1 fully saturated rings. The summed E-state index contributed by atoms with van der Waals surface area (Å²) >= 11 is 0. The monoisotopic (exact) mass is 285 g/mol. The zero-order valence-corrected chi connectivity index (χ0v) is 13.1. The molecule has 3 N–H and O–H groups in total. The van der Waals surface area contributed by atoms with E-state index in [1.807, 2.05) is 5.01 Å². The van der Waals surface area contributed by atoms with Crippen LogP contribution in [0.5, 0.6) is 0 Å². The fourth-order valence-electron chi connectivity index (χ4n) is 2.57. The number of hydrogen-bond acceptors (Lipinski definition) is 3. The van der Waals surface area contributed by atoms with E-state index in [1.165, 1.54) is 0 Å².